The summed E-state index contributed by atoms with van der Waals surface area (Å²) in [6.07, 6.45) is 5.94. The van der Waals surface area contributed by atoms with Gasteiger partial charge in [0.2, 0.25) is 10.0 Å². The van der Waals surface area contributed by atoms with Gasteiger partial charge in [0.25, 0.3) is 0 Å². The maximum absolute atomic E-state index is 12.9. The van der Waals surface area contributed by atoms with Gasteiger partial charge in [-0.15, -0.1) is 0 Å². The third-order valence-electron chi connectivity index (χ3n) is 4.31. The molecule has 6 heteroatoms. The molecule has 0 saturated heterocycles. The first-order valence-electron chi connectivity index (χ1n) is 7.65. The maximum Gasteiger partial charge on any atom is 0.246 e. The van der Waals surface area contributed by atoms with Crippen molar-refractivity contribution in [1.29, 1.82) is 0 Å². The summed E-state index contributed by atoms with van der Waals surface area (Å²) < 4.78 is 27.4. The second kappa shape index (κ2) is 6.75. The minimum absolute atomic E-state index is 0.0819. The average molecular weight is 311 g/mol. The molecule has 118 valence electrons. The zero-order valence-corrected chi connectivity index (χ0v) is 13.9. The van der Waals surface area contributed by atoms with Crippen LogP contribution in [0.4, 0.5) is 5.82 Å². The van der Waals surface area contributed by atoms with E-state index in [0.717, 1.165) is 19.3 Å². The quantitative estimate of drug-likeness (QED) is 0.908. The van der Waals surface area contributed by atoms with Gasteiger partial charge in [-0.05, 0) is 37.8 Å². The van der Waals surface area contributed by atoms with Crippen LogP contribution in [0.25, 0.3) is 0 Å². The van der Waals surface area contributed by atoms with Crippen molar-refractivity contribution in [2.75, 3.05) is 18.9 Å². The van der Waals surface area contributed by atoms with E-state index in [2.05, 4.69) is 17.2 Å². The lowest BCUT2D eigenvalue weighted by molar-refractivity contribution is 0.213. The third kappa shape index (κ3) is 3.37. The number of hydrogen-bond acceptors (Lipinski definition) is 4. The van der Waals surface area contributed by atoms with E-state index in [1.54, 1.807) is 29.7 Å². The van der Waals surface area contributed by atoms with E-state index in [4.69, 9.17) is 0 Å². The zero-order valence-electron chi connectivity index (χ0n) is 13.0. The standard InChI is InChI=1S/C15H25N3O2S/c1-4-16-15-14(10-7-11-17-15)21(19,20)18(3)13-9-6-5-8-12(13)2/h7,10-13H,4-6,8-9H2,1-3H3,(H,16,17). The fourth-order valence-corrected chi connectivity index (χ4v) is 4.67. The van der Waals surface area contributed by atoms with E-state index in [1.165, 1.54) is 6.42 Å². The number of pyridine rings is 1. The Morgan fingerprint density at radius 1 is 1.38 bits per heavy atom. The number of nitrogens with zero attached hydrogens (tertiary/aromatic N) is 2. The van der Waals surface area contributed by atoms with E-state index in [1.807, 2.05) is 6.92 Å². The van der Waals surface area contributed by atoms with Gasteiger partial charge in [0.05, 0.1) is 0 Å². The summed E-state index contributed by atoms with van der Waals surface area (Å²) in [6, 6.07) is 3.38. The molecule has 21 heavy (non-hydrogen) atoms. The van der Waals surface area contributed by atoms with Crippen LogP contribution in [0.2, 0.25) is 0 Å². The predicted molar refractivity (Wildman–Crippen MR) is 84.8 cm³/mol. The van der Waals surface area contributed by atoms with Gasteiger partial charge in [-0.2, -0.15) is 4.31 Å². The molecular weight excluding hydrogens is 286 g/mol. The molecule has 2 unspecified atom stereocenters. The number of sulfonamides is 1. The molecule has 0 aromatic carbocycles. The van der Waals surface area contributed by atoms with E-state index in [-0.39, 0.29) is 10.9 Å². The van der Waals surface area contributed by atoms with Crippen LogP contribution >= 0.6 is 0 Å². The molecule has 1 saturated carbocycles. The molecule has 1 aromatic rings. The summed E-state index contributed by atoms with van der Waals surface area (Å²) in [6.45, 7) is 4.71. The number of aromatic nitrogens is 1. The molecule has 1 heterocycles. The number of nitrogens with one attached hydrogen (secondary N) is 1. The van der Waals surface area contributed by atoms with Gasteiger partial charge in [-0.3, -0.25) is 0 Å². The molecule has 1 aromatic heterocycles. The average Bonchev–Trinajstić information content (AvgIpc) is 2.48. The van der Waals surface area contributed by atoms with Crippen LogP contribution in [-0.4, -0.2) is 37.3 Å². The fraction of sp³-hybridized carbons (Fsp3) is 0.667. The lowest BCUT2D eigenvalue weighted by Crippen LogP contribution is -2.42. The van der Waals surface area contributed by atoms with Gasteiger partial charge in [0.15, 0.2) is 0 Å². The van der Waals surface area contributed by atoms with Crippen molar-refractivity contribution in [3.63, 3.8) is 0 Å². The van der Waals surface area contributed by atoms with Gasteiger partial charge >= 0.3 is 0 Å². The predicted octanol–water partition coefficient (Wildman–Crippen LogP) is 2.71. The zero-order chi connectivity index (χ0) is 15.5. The Bertz CT molecular complexity index is 574. The Kier molecular flexibility index (Phi) is 5.22. The maximum atomic E-state index is 12.9. The molecule has 5 nitrogen and oxygen atoms in total. The molecule has 0 bridgehead atoms. The Morgan fingerprint density at radius 3 is 2.76 bits per heavy atom. The highest BCUT2D eigenvalue weighted by atomic mass is 32.2. The van der Waals surface area contributed by atoms with E-state index < -0.39 is 10.0 Å². The SMILES string of the molecule is CCNc1ncccc1S(=O)(=O)N(C)C1CCCCC1C. The Hall–Kier alpha value is -1.14. The van der Waals surface area contributed by atoms with Crippen LogP contribution in [0, 0.1) is 5.92 Å². The highest BCUT2D eigenvalue weighted by molar-refractivity contribution is 7.89. The summed E-state index contributed by atoms with van der Waals surface area (Å²) in [5.41, 5.74) is 0. The Labute approximate surface area is 127 Å². The monoisotopic (exact) mass is 311 g/mol. The first-order chi connectivity index (χ1) is 9.98. The number of hydrogen-bond donors (Lipinski definition) is 1. The Morgan fingerprint density at radius 2 is 2.10 bits per heavy atom. The summed E-state index contributed by atoms with van der Waals surface area (Å²) in [5, 5.41) is 3.03. The van der Waals surface area contributed by atoms with Gasteiger partial charge < -0.3 is 5.32 Å². The van der Waals surface area contributed by atoms with Crippen molar-refractivity contribution in [1.82, 2.24) is 9.29 Å². The molecular formula is C15H25N3O2S. The van der Waals surface area contributed by atoms with E-state index >= 15 is 0 Å². The van der Waals surface area contributed by atoms with Crippen LogP contribution < -0.4 is 5.32 Å². The molecule has 0 amide bonds. The third-order valence-corrected chi connectivity index (χ3v) is 6.22. The first-order valence-corrected chi connectivity index (χ1v) is 9.09. The van der Waals surface area contributed by atoms with Crippen LogP contribution in [0.1, 0.15) is 39.5 Å². The molecule has 0 aliphatic heterocycles. The fourth-order valence-electron chi connectivity index (χ4n) is 3.07. The van der Waals surface area contributed by atoms with E-state index in [9.17, 15) is 8.42 Å². The molecule has 1 aliphatic rings. The minimum Gasteiger partial charge on any atom is -0.369 e. The molecule has 0 spiro atoms. The van der Waals surface area contributed by atoms with Crippen LogP contribution in [0.5, 0.6) is 0 Å². The second-order valence-corrected chi connectivity index (χ2v) is 7.70. The highest BCUT2D eigenvalue weighted by Crippen LogP contribution is 2.32. The van der Waals surface area contributed by atoms with Crippen molar-refractivity contribution in [2.24, 2.45) is 5.92 Å². The van der Waals surface area contributed by atoms with Crippen molar-refractivity contribution in [2.45, 2.75) is 50.5 Å². The largest absolute Gasteiger partial charge is 0.369 e. The summed E-state index contributed by atoms with van der Waals surface area (Å²) >= 11 is 0. The second-order valence-electron chi connectivity index (χ2n) is 5.73. The molecule has 1 aliphatic carbocycles. The lowest BCUT2D eigenvalue weighted by atomic mass is 9.86. The van der Waals surface area contributed by atoms with Gasteiger partial charge in [-0.25, -0.2) is 13.4 Å². The molecule has 0 radical (unpaired) electrons. The molecule has 1 fully saturated rings. The number of rotatable bonds is 5. The highest BCUT2D eigenvalue weighted by Gasteiger charge is 2.34. The molecule has 1 N–H and O–H groups in total. The van der Waals surface area contributed by atoms with Crippen molar-refractivity contribution in [3.8, 4) is 0 Å². The summed E-state index contributed by atoms with van der Waals surface area (Å²) in [5.74, 6) is 0.841. The smallest absolute Gasteiger partial charge is 0.246 e. The normalized spacial score (nSPS) is 23.2. The Balaban J connectivity index is 2.32. The van der Waals surface area contributed by atoms with Gasteiger partial charge in [-0.1, -0.05) is 19.8 Å². The minimum atomic E-state index is -3.52. The van der Waals surface area contributed by atoms with Gasteiger partial charge in [0.1, 0.15) is 10.7 Å². The van der Waals surface area contributed by atoms with Crippen LogP contribution in [-0.2, 0) is 10.0 Å². The molecule has 2 atom stereocenters. The summed E-state index contributed by atoms with van der Waals surface area (Å²) in [7, 11) is -1.82. The first kappa shape index (κ1) is 16.2. The molecule has 2 rings (SSSR count). The van der Waals surface area contributed by atoms with Gasteiger partial charge in [0, 0.05) is 25.8 Å². The van der Waals surface area contributed by atoms with Crippen molar-refractivity contribution >= 4 is 15.8 Å². The van der Waals surface area contributed by atoms with E-state index in [0.29, 0.717) is 18.3 Å². The van der Waals surface area contributed by atoms with Crippen LogP contribution in [0.3, 0.4) is 0 Å². The topological polar surface area (TPSA) is 62.3 Å². The summed E-state index contributed by atoms with van der Waals surface area (Å²) in [4.78, 5) is 4.43. The lowest BCUT2D eigenvalue weighted by Gasteiger charge is -2.35. The van der Waals surface area contributed by atoms with Crippen LogP contribution in [0.15, 0.2) is 23.2 Å². The van der Waals surface area contributed by atoms with Crippen molar-refractivity contribution in [3.05, 3.63) is 18.3 Å². The van der Waals surface area contributed by atoms with Crippen molar-refractivity contribution < 1.29 is 8.42 Å². The number of anilines is 1.